The summed E-state index contributed by atoms with van der Waals surface area (Å²) in [5, 5.41) is 0.819. The van der Waals surface area contributed by atoms with Crippen molar-refractivity contribution in [1.82, 2.24) is 9.55 Å². The molecule has 0 fully saturated rings. The normalized spacial score (nSPS) is 12.0. The zero-order valence-electron chi connectivity index (χ0n) is 17.2. The van der Waals surface area contributed by atoms with E-state index in [2.05, 4.69) is 28.6 Å². The van der Waals surface area contributed by atoms with Crippen LogP contribution in [-0.4, -0.2) is 15.5 Å². The van der Waals surface area contributed by atoms with Gasteiger partial charge in [-0.2, -0.15) is 4.99 Å². The Morgan fingerprint density at radius 1 is 0.968 bits per heavy atom. The van der Waals surface area contributed by atoms with Crippen LogP contribution >= 0.6 is 11.3 Å². The summed E-state index contributed by atoms with van der Waals surface area (Å²) in [6, 6.07) is 27.7. The van der Waals surface area contributed by atoms with Crippen molar-refractivity contribution < 1.29 is 4.79 Å². The molecule has 0 N–H and O–H groups in total. The van der Waals surface area contributed by atoms with E-state index in [1.165, 1.54) is 0 Å². The summed E-state index contributed by atoms with van der Waals surface area (Å²) in [5.74, 6) is -0.243. The van der Waals surface area contributed by atoms with Gasteiger partial charge in [-0.15, -0.1) is 0 Å². The number of hydrogen-bond donors (Lipinski definition) is 0. The predicted octanol–water partition coefficient (Wildman–Crippen LogP) is 6.07. The van der Waals surface area contributed by atoms with E-state index >= 15 is 0 Å². The minimum Gasteiger partial charge on any atom is -0.316 e. The molecular weight excluding hydrogens is 402 g/mol. The lowest BCUT2D eigenvalue weighted by Gasteiger charge is -2.08. The highest BCUT2D eigenvalue weighted by Gasteiger charge is 2.14. The smallest absolute Gasteiger partial charge is 0.280 e. The maximum Gasteiger partial charge on any atom is 0.280 e. The number of benzene rings is 3. The minimum absolute atomic E-state index is 0.243. The van der Waals surface area contributed by atoms with Gasteiger partial charge in [-0.1, -0.05) is 78.9 Å². The first-order valence-electron chi connectivity index (χ1n) is 10.4. The van der Waals surface area contributed by atoms with E-state index in [9.17, 15) is 4.79 Å². The van der Waals surface area contributed by atoms with Crippen LogP contribution in [0.4, 0.5) is 0 Å². The van der Waals surface area contributed by atoms with Gasteiger partial charge in [0, 0.05) is 17.5 Å². The molecule has 5 heteroatoms. The number of aromatic nitrogens is 2. The molecule has 0 bridgehead atoms. The molecule has 0 aliphatic rings. The van der Waals surface area contributed by atoms with Crippen molar-refractivity contribution in [3.05, 3.63) is 95.3 Å². The van der Waals surface area contributed by atoms with Crippen molar-refractivity contribution in [2.75, 3.05) is 0 Å². The Morgan fingerprint density at radius 2 is 1.71 bits per heavy atom. The molecule has 1 amide bonds. The van der Waals surface area contributed by atoms with E-state index in [0.717, 1.165) is 50.1 Å². The molecule has 3 aromatic carbocycles. The number of para-hydroxylation sites is 2. The second-order valence-corrected chi connectivity index (χ2v) is 8.37. The van der Waals surface area contributed by atoms with Gasteiger partial charge in [-0.05, 0) is 30.7 Å². The summed E-state index contributed by atoms with van der Waals surface area (Å²) >= 11 is 1.55. The third-order valence-corrected chi connectivity index (χ3v) is 6.31. The van der Waals surface area contributed by atoms with Crippen LogP contribution in [0.15, 0.2) is 89.9 Å². The van der Waals surface area contributed by atoms with Gasteiger partial charge in [0.1, 0.15) is 0 Å². The lowest BCUT2D eigenvalue weighted by molar-refractivity contribution is 0.0999. The fraction of sp³-hybridized carbons (Fsp3) is 0.115. The number of rotatable bonds is 4. The van der Waals surface area contributed by atoms with Crippen molar-refractivity contribution >= 4 is 38.4 Å². The summed E-state index contributed by atoms with van der Waals surface area (Å²) in [6.45, 7) is 2.95. The zero-order valence-corrected chi connectivity index (χ0v) is 18.0. The Bertz CT molecular complexity index is 1460. The molecule has 0 aliphatic carbocycles. The number of carbonyl (C=O) groups excluding carboxylic acids is 1. The molecule has 0 atom stereocenters. The third kappa shape index (κ3) is 3.68. The van der Waals surface area contributed by atoms with E-state index < -0.39 is 0 Å². The molecule has 0 aliphatic heterocycles. The maximum absolute atomic E-state index is 13.4. The van der Waals surface area contributed by atoms with Gasteiger partial charge in [-0.25, -0.2) is 4.98 Å². The topological polar surface area (TPSA) is 47.2 Å². The van der Waals surface area contributed by atoms with Gasteiger partial charge in [0.25, 0.3) is 5.91 Å². The summed E-state index contributed by atoms with van der Waals surface area (Å²) in [4.78, 5) is 23.5. The number of fused-ring (bicyclic) bond motifs is 2. The van der Waals surface area contributed by atoms with Gasteiger partial charge < -0.3 is 4.57 Å². The summed E-state index contributed by atoms with van der Waals surface area (Å²) in [6.07, 6.45) is 0.971. The van der Waals surface area contributed by atoms with Crippen LogP contribution in [0.25, 0.3) is 32.4 Å². The van der Waals surface area contributed by atoms with Gasteiger partial charge >= 0.3 is 0 Å². The minimum atomic E-state index is -0.243. The number of aryl methyl sites for hydroxylation is 1. The summed E-state index contributed by atoms with van der Waals surface area (Å²) in [7, 11) is 0. The Morgan fingerprint density at radius 3 is 2.55 bits per heavy atom. The van der Waals surface area contributed by atoms with Crippen LogP contribution in [0.1, 0.15) is 23.7 Å². The molecule has 152 valence electrons. The lowest BCUT2D eigenvalue weighted by Crippen LogP contribution is -2.17. The van der Waals surface area contributed by atoms with E-state index in [1.54, 1.807) is 11.3 Å². The van der Waals surface area contributed by atoms with Gasteiger partial charge in [0.05, 0.1) is 27.0 Å². The van der Waals surface area contributed by atoms with E-state index in [4.69, 9.17) is 4.98 Å². The SMILES string of the molecule is CCCn1c(=NC(=O)c2cc(-c3ccccc3)nc3ccccc23)sc2ccccc21. The Hall–Kier alpha value is -3.57. The highest BCUT2D eigenvalue weighted by molar-refractivity contribution is 7.16. The summed E-state index contributed by atoms with van der Waals surface area (Å²) in [5.41, 5.74) is 4.23. The second kappa shape index (κ2) is 8.28. The molecule has 4 nitrogen and oxygen atoms in total. The zero-order chi connectivity index (χ0) is 21.2. The molecule has 0 spiro atoms. The Balaban J connectivity index is 1.70. The number of pyridine rings is 1. The van der Waals surface area contributed by atoms with E-state index in [0.29, 0.717) is 5.56 Å². The molecule has 0 unspecified atom stereocenters. The second-order valence-electron chi connectivity index (χ2n) is 7.36. The van der Waals surface area contributed by atoms with Crippen molar-refractivity contribution in [1.29, 1.82) is 0 Å². The molecule has 2 heterocycles. The van der Waals surface area contributed by atoms with Gasteiger partial charge in [0.15, 0.2) is 4.80 Å². The molecule has 31 heavy (non-hydrogen) atoms. The number of thiazole rings is 1. The molecule has 2 aromatic heterocycles. The molecule has 5 aromatic rings. The largest absolute Gasteiger partial charge is 0.316 e. The average Bonchev–Trinajstić information content (AvgIpc) is 3.16. The van der Waals surface area contributed by atoms with Crippen molar-refractivity contribution in [3.63, 3.8) is 0 Å². The van der Waals surface area contributed by atoms with Crippen LogP contribution < -0.4 is 4.80 Å². The first kappa shape index (κ1) is 19.4. The number of carbonyl (C=O) groups is 1. The van der Waals surface area contributed by atoms with Crippen LogP contribution in [0.5, 0.6) is 0 Å². The first-order valence-corrected chi connectivity index (χ1v) is 11.2. The highest BCUT2D eigenvalue weighted by Crippen LogP contribution is 2.25. The fourth-order valence-corrected chi connectivity index (χ4v) is 4.86. The quantitative estimate of drug-likeness (QED) is 0.352. The molecule has 0 saturated carbocycles. The Kier molecular flexibility index (Phi) is 5.18. The third-order valence-electron chi connectivity index (χ3n) is 5.25. The van der Waals surface area contributed by atoms with Crippen molar-refractivity contribution in [2.45, 2.75) is 19.9 Å². The maximum atomic E-state index is 13.4. The number of nitrogens with zero attached hydrogens (tertiary/aromatic N) is 3. The van der Waals surface area contributed by atoms with Gasteiger partial charge in [-0.3, -0.25) is 4.79 Å². The van der Waals surface area contributed by atoms with Crippen molar-refractivity contribution in [2.24, 2.45) is 4.99 Å². The lowest BCUT2D eigenvalue weighted by atomic mass is 10.0. The molecular formula is C26H21N3OS. The van der Waals surface area contributed by atoms with Gasteiger partial charge in [0.2, 0.25) is 0 Å². The monoisotopic (exact) mass is 423 g/mol. The van der Waals surface area contributed by atoms with Crippen LogP contribution in [-0.2, 0) is 6.54 Å². The number of amides is 1. The molecule has 0 saturated heterocycles. The van der Waals surface area contributed by atoms with Crippen LogP contribution in [0.3, 0.4) is 0 Å². The molecule has 0 radical (unpaired) electrons. The molecule has 5 rings (SSSR count). The van der Waals surface area contributed by atoms with E-state index in [-0.39, 0.29) is 5.91 Å². The van der Waals surface area contributed by atoms with E-state index in [1.807, 2.05) is 72.8 Å². The standard InChI is InChI=1S/C26H21N3OS/c1-2-16-29-23-14-8-9-15-24(23)31-26(29)28-25(30)20-17-22(18-10-4-3-5-11-18)27-21-13-7-6-12-19(20)21/h3-15,17H,2,16H2,1H3. The highest BCUT2D eigenvalue weighted by atomic mass is 32.1. The van der Waals surface area contributed by atoms with Crippen LogP contribution in [0, 0.1) is 0 Å². The average molecular weight is 424 g/mol. The first-order chi connectivity index (χ1) is 15.2. The predicted molar refractivity (Wildman–Crippen MR) is 127 cm³/mol. The fourth-order valence-electron chi connectivity index (χ4n) is 3.80. The van der Waals surface area contributed by atoms with Crippen molar-refractivity contribution in [3.8, 4) is 11.3 Å². The number of hydrogen-bond acceptors (Lipinski definition) is 3. The van der Waals surface area contributed by atoms with Crippen LogP contribution in [0.2, 0.25) is 0 Å². The Labute approximate surface area is 184 Å². The summed E-state index contributed by atoms with van der Waals surface area (Å²) < 4.78 is 3.27.